The molecule has 0 N–H and O–H groups in total. The van der Waals surface area contributed by atoms with Gasteiger partial charge in [-0.05, 0) is 142 Å². The molecule has 0 amide bonds. The van der Waals surface area contributed by atoms with Gasteiger partial charge in [-0.3, -0.25) is 0 Å². The summed E-state index contributed by atoms with van der Waals surface area (Å²) in [5.41, 5.74) is 9.31. The van der Waals surface area contributed by atoms with Gasteiger partial charge >= 0.3 is 0 Å². The van der Waals surface area contributed by atoms with Crippen LogP contribution < -0.4 is 0 Å². The van der Waals surface area contributed by atoms with Crippen LogP contribution in [0.15, 0.2) is 98.1 Å². The van der Waals surface area contributed by atoms with Gasteiger partial charge in [0.1, 0.15) is 24.2 Å². The van der Waals surface area contributed by atoms with Gasteiger partial charge in [0.15, 0.2) is 49.4 Å². The summed E-state index contributed by atoms with van der Waals surface area (Å²) < 4.78 is 142. The van der Waals surface area contributed by atoms with Crippen LogP contribution in [0, 0.1) is 0 Å². The van der Waals surface area contributed by atoms with E-state index in [0.29, 0.717) is 44.5 Å². The molecule has 8 unspecified atom stereocenters. The molecule has 12 heteroatoms. The second kappa shape index (κ2) is 30.6. The zero-order chi connectivity index (χ0) is 59.3. The number of rotatable bonds is 28. The van der Waals surface area contributed by atoms with Crippen molar-refractivity contribution in [3.05, 3.63) is 120 Å². The summed E-state index contributed by atoms with van der Waals surface area (Å²) in [7, 11) is 0. The maximum absolute atomic E-state index is 17.1. The minimum Gasteiger partial charge on any atom is -0.345 e. The zero-order valence-electron chi connectivity index (χ0n) is 50.8. The fourth-order valence-corrected chi connectivity index (χ4v) is 14.2. The Balaban J connectivity index is 1.15. The summed E-state index contributed by atoms with van der Waals surface area (Å²) in [5, 5.41) is 0. The molecule has 2 aliphatic carbocycles. The molecule has 2 aromatic carbocycles. The first-order valence-corrected chi connectivity index (χ1v) is 33.0. The third kappa shape index (κ3) is 14.5. The topological polar surface area (TPSA) is 19.7 Å². The Morgan fingerprint density at radius 2 is 0.440 bits per heavy atom. The van der Waals surface area contributed by atoms with E-state index in [-0.39, 0.29) is 0 Å². The molecule has 4 nitrogen and oxygen atoms in total. The highest BCUT2D eigenvalue weighted by molar-refractivity contribution is 5.86. The minimum atomic E-state index is -2.41. The van der Waals surface area contributed by atoms with Crippen molar-refractivity contribution in [2.45, 2.75) is 281 Å². The molecule has 6 aromatic rings. The third-order valence-electron chi connectivity index (χ3n) is 19.2. The lowest BCUT2D eigenvalue weighted by Crippen LogP contribution is -2.52. The van der Waals surface area contributed by atoms with Crippen molar-refractivity contribution in [1.82, 2.24) is 18.3 Å². The lowest BCUT2D eigenvalue weighted by Gasteiger charge is -2.41. The molecule has 0 spiro atoms. The van der Waals surface area contributed by atoms with Gasteiger partial charge in [0.05, 0.1) is 0 Å². The minimum absolute atomic E-state index is 0.542. The maximum atomic E-state index is 17.1. The monoisotopic (exact) mass is 1170 g/mol. The second-order valence-electron chi connectivity index (χ2n) is 25.3. The smallest absolute Gasteiger partial charge is 0.157 e. The lowest BCUT2D eigenvalue weighted by molar-refractivity contribution is -0.0659. The molecule has 8 heterocycles. The molecule has 84 heavy (non-hydrogen) atoms. The van der Waals surface area contributed by atoms with E-state index in [1.54, 1.807) is 49.1 Å². The van der Waals surface area contributed by atoms with Crippen LogP contribution in [0.4, 0.5) is 35.1 Å². The fourth-order valence-electron chi connectivity index (χ4n) is 14.2. The molecule has 460 valence electrons. The SMILES string of the molecule is CCCCCCCCc1cc2c(cc1CCCCCCCC)-c1ccn(c1)C1C(F)C(F)C(C(F)C1F)n1ccc(c1)-c1cc(CCCCCCCC)c(CCCCCCCC)cc1-c1ccn(c1)C1C(F)C(F)C(C(F)C1F)n1ccc-2c1. The van der Waals surface area contributed by atoms with Gasteiger partial charge < -0.3 is 18.3 Å². The first-order valence-electron chi connectivity index (χ1n) is 33.0. The second-order valence-corrected chi connectivity index (χ2v) is 25.3. The average Bonchev–Trinajstić information content (AvgIpc) is 2.85. The van der Waals surface area contributed by atoms with E-state index in [0.717, 1.165) is 176 Å². The van der Waals surface area contributed by atoms with Crippen molar-refractivity contribution in [2.24, 2.45) is 0 Å². The van der Waals surface area contributed by atoms with Crippen molar-refractivity contribution in [1.29, 1.82) is 0 Å². The van der Waals surface area contributed by atoms with E-state index in [2.05, 4.69) is 52.0 Å². The number of aryl methyl sites for hydroxylation is 4. The summed E-state index contributed by atoms with van der Waals surface area (Å²) in [4.78, 5) is 0. The first-order chi connectivity index (χ1) is 40.9. The number of aromatic nitrogens is 4. The van der Waals surface area contributed by atoms with Gasteiger partial charge in [-0.1, -0.05) is 180 Å². The quantitative estimate of drug-likeness (QED) is 0.0345. The number of hydrogen-bond acceptors (Lipinski definition) is 0. The van der Waals surface area contributed by atoms with Crippen LogP contribution in [0.25, 0.3) is 44.5 Å². The molecule has 12 bridgehead atoms. The Kier molecular flexibility index (Phi) is 23.1. The zero-order valence-corrected chi connectivity index (χ0v) is 50.8. The van der Waals surface area contributed by atoms with Crippen LogP contribution in [0.3, 0.4) is 0 Å². The van der Waals surface area contributed by atoms with Gasteiger partial charge in [-0.15, -0.1) is 0 Å². The Morgan fingerprint density at radius 1 is 0.262 bits per heavy atom. The van der Waals surface area contributed by atoms with Crippen LogP contribution in [-0.4, -0.2) is 67.6 Å². The van der Waals surface area contributed by atoms with Crippen LogP contribution in [0.1, 0.15) is 228 Å². The van der Waals surface area contributed by atoms with Crippen LogP contribution in [0.2, 0.25) is 0 Å². The van der Waals surface area contributed by atoms with Gasteiger partial charge in [0.2, 0.25) is 0 Å². The number of halogens is 8. The average molecular weight is 1170 g/mol. The number of unbranched alkanes of at least 4 members (excludes halogenated alkanes) is 20. The molecule has 0 saturated heterocycles. The third-order valence-corrected chi connectivity index (χ3v) is 19.2. The highest BCUT2D eigenvalue weighted by Gasteiger charge is 2.56. The number of benzene rings is 2. The Morgan fingerprint density at radius 3 is 0.631 bits per heavy atom. The van der Waals surface area contributed by atoms with E-state index >= 15 is 35.1 Å². The normalized spacial score (nSPS) is 24.8. The van der Waals surface area contributed by atoms with Crippen molar-refractivity contribution in [3.8, 4) is 44.5 Å². The van der Waals surface area contributed by atoms with Crippen molar-refractivity contribution < 1.29 is 35.1 Å². The molecule has 0 radical (unpaired) electrons. The highest BCUT2D eigenvalue weighted by Crippen LogP contribution is 2.48. The maximum Gasteiger partial charge on any atom is 0.157 e. The summed E-state index contributed by atoms with van der Waals surface area (Å²) >= 11 is 0. The fraction of sp³-hybridized carbons (Fsp3) is 0.611. The van der Waals surface area contributed by atoms with Gasteiger partial charge in [-0.2, -0.15) is 0 Å². The first kappa shape index (κ1) is 63.5. The van der Waals surface area contributed by atoms with Gasteiger partial charge in [-0.25, -0.2) is 35.1 Å². The number of alkyl halides is 8. The molecule has 12 rings (SSSR count). The van der Waals surface area contributed by atoms with Crippen molar-refractivity contribution in [3.63, 3.8) is 0 Å². The van der Waals surface area contributed by atoms with E-state index in [9.17, 15) is 0 Å². The predicted octanol–water partition coefficient (Wildman–Crippen LogP) is 21.8. The summed E-state index contributed by atoms with van der Waals surface area (Å²) in [5.74, 6) is 0. The van der Waals surface area contributed by atoms with E-state index < -0.39 is 73.5 Å². The number of nitrogens with zero attached hydrogens (tertiary/aromatic N) is 4. The van der Waals surface area contributed by atoms with Crippen LogP contribution >= 0.6 is 0 Å². The standard InChI is InChI=1S/C72H96F8N4/c1-5-9-13-17-21-25-29-49-41-57-53-33-37-81(45-53)69-61(73)63(75)71(64(76)62(69)74)83-39-35-55(47-83)59-43-51(31-27-23-19-15-11-7-3)52(32-28-24-20-16-12-8-4)44-60(59)56-36-40-84(48-56)72-67(79)65(77)70(66(78)68(72)80)82-38-34-54(46-82)58(57)42-50(49)30-26-22-18-14-10-6-2/h33-48,61-72H,5-32H2,1-4H3. The largest absolute Gasteiger partial charge is 0.345 e. The Labute approximate surface area is 497 Å². The Bertz CT molecular complexity index is 2530. The van der Waals surface area contributed by atoms with E-state index in [1.807, 2.05) is 0 Å². The number of hydrogen-bond donors (Lipinski definition) is 0. The molecule has 6 aliphatic rings. The van der Waals surface area contributed by atoms with E-state index in [4.69, 9.17) is 0 Å². The molecule has 8 atom stereocenters. The molecule has 4 aromatic heterocycles. The summed E-state index contributed by atoms with van der Waals surface area (Å²) in [6.07, 6.45) is 22.3. The van der Waals surface area contributed by atoms with Crippen LogP contribution in [-0.2, 0) is 25.7 Å². The molecule has 2 saturated carbocycles. The van der Waals surface area contributed by atoms with Crippen LogP contribution in [0.5, 0.6) is 0 Å². The van der Waals surface area contributed by atoms with E-state index in [1.165, 1.54) is 68.7 Å². The highest BCUT2D eigenvalue weighted by atomic mass is 19.2. The molecular weight excluding hydrogens is 1070 g/mol. The van der Waals surface area contributed by atoms with Crippen molar-refractivity contribution in [2.75, 3.05) is 0 Å². The molecular formula is C72H96F8N4. The van der Waals surface area contributed by atoms with Gasteiger partial charge in [0, 0.05) is 49.6 Å². The predicted molar refractivity (Wildman–Crippen MR) is 330 cm³/mol. The van der Waals surface area contributed by atoms with Gasteiger partial charge in [0.25, 0.3) is 0 Å². The van der Waals surface area contributed by atoms with Crippen molar-refractivity contribution >= 4 is 0 Å². The lowest BCUT2D eigenvalue weighted by atomic mass is 9.84. The Hall–Kier alpha value is -5.00. The summed E-state index contributed by atoms with van der Waals surface area (Å²) in [6, 6.07) is 7.90. The molecule has 2 fully saturated rings. The molecule has 4 aliphatic heterocycles. The summed E-state index contributed by atoms with van der Waals surface area (Å²) in [6.45, 7) is 8.77.